The molecule has 0 heterocycles. The minimum atomic E-state index is -0.366. The van der Waals surface area contributed by atoms with Crippen molar-refractivity contribution in [3.8, 4) is 0 Å². The van der Waals surface area contributed by atoms with E-state index in [4.69, 9.17) is 11.5 Å². The monoisotopic (exact) mass is 237 g/mol. The van der Waals surface area contributed by atoms with Crippen molar-refractivity contribution in [1.29, 1.82) is 0 Å². The van der Waals surface area contributed by atoms with Crippen LogP contribution in [0.3, 0.4) is 0 Å². The summed E-state index contributed by atoms with van der Waals surface area (Å²) in [5, 5.41) is 10.1. The molecule has 0 radical (unpaired) electrons. The Hall–Kier alpha value is -1.95. The van der Waals surface area contributed by atoms with Crippen LogP contribution in [0.5, 0.6) is 0 Å². The summed E-state index contributed by atoms with van der Waals surface area (Å²) in [6, 6.07) is 7.46. The van der Waals surface area contributed by atoms with Crippen LogP contribution in [0.1, 0.15) is 11.1 Å². The highest BCUT2D eigenvalue weighted by Gasteiger charge is 1.98. The van der Waals surface area contributed by atoms with Gasteiger partial charge < -0.3 is 16.8 Å². The number of hydrogen-bond donors (Lipinski definition) is 3. The Morgan fingerprint density at radius 2 is 2.06 bits per heavy atom. The average Bonchev–Trinajstić information content (AvgIpc) is 2.37. The molecule has 0 aliphatic heterocycles. The number of rotatable bonds is 6. The predicted octanol–water partition coefficient (Wildman–Crippen LogP) is 0.353. The SMILES string of the molecule is N/C=N\N=C(/N)c1ccc(CNCCF)cc1. The molecular weight excluding hydrogens is 221 g/mol. The fourth-order valence-corrected chi connectivity index (χ4v) is 1.25. The van der Waals surface area contributed by atoms with Gasteiger partial charge >= 0.3 is 0 Å². The Labute approximate surface area is 99.4 Å². The van der Waals surface area contributed by atoms with Gasteiger partial charge in [-0.2, -0.15) is 0 Å². The third kappa shape index (κ3) is 4.60. The Balaban J connectivity index is 2.61. The van der Waals surface area contributed by atoms with Gasteiger partial charge in [0.1, 0.15) is 13.0 Å². The van der Waals surface area contributed by atoms with Gasteiger partial charge in [0.15, 0.2) is 5.84 Å². The second-order valence-electron chi connectivity index (χ2n) is 3.31. The van der Waals surface area contributed by atoms with Crippen LogP contribution in [0.4, 0.5) is 4.39 Å². The molecule has 0 unspecified atom stereocenters. The molecule has 0 amide bonds. The zero-order valence-corrected chi connectivity index (χ0v) is 9.44. The lowest BCUT2D eigenvalue weighted by molar-refractivity contribution is 0.467. The highest BCUT2D eigenvalue weighted by molar-refractivity contribution is 5.97. The second-order valence-corrected chi connectivity index (χ2v) is 3.31. The molecule has 0 fully saturated rings. The maximum atomic E-state index is 11.9. The molecular formula is C11H16FN5. The van der Waals surface area contributed by atoms with E-state index >= 15 is 0 Å². The Morgan fingerprint density at radius 3 is 2.65 bits per heavy atom. The molecule has 92 valence electrons. The summed E-state index contributed by atoms with van der Waals surface area (Å²) in [6.45, 7) is 0.619. The third-order valence-corrected chi connectivity index (χ3v) is 2.08. The van der Waals surface area contributed by atoms with Crippen molar-refractivity contribution in [3.63, 3.8) is 0 Å². The van der Waals surface area contributed by atoms with Gasteiger partial charge in [0.25, 0.3) is 0 Å². The van der Waals surface area contributed by atoms with Gasteiger partial charge in [-0.3, -0.25) is 0 Å². The first-order valence-electron chi connectivity index (χ1n) is 5.20. The molecule has 0 aromatic heterocycles. The third-order valence-electron chi connectivity index (χ3n) is 2.08. The smallest absolute Gasteiger partial charge is 0.153 e. The number of nitrogens with one attached hydrogen (secondary N) is 1. The van der Waals surface area contributed by atoms with E-state index in [0.717, 1.165) is 17.5 Å². The van der Waals surface area contributed by atoms with Crippen molar-refractivity contribution in [2.45, 2.75) is 6.54 Å². The van der Waals surface area contributed by atoms with Gasteiger partial charge in [-0.1, -0.05) is 24.3 Å². The molecule has 0 saturated carbocycles. The normalized spacial score (nSPS) is 12.2. The molecule has 0 spiro atoms. The van der Waals surface area contributed by atoms with Gasteiger partial charge in [-0.05, 0) is 5.56 Å². The molecule has 0 atom stereocenters. The van der Waals surface area contributed by atoms with Crippen LogP contribution in [0.15, 0.2) is 34.5 Å². The summed E-state index contributed by atoms with van der Waals surface area (Å²) < 4.78 is 11.9. The van der Waals surface area contributed by atoms with Crippen LogP contribution in [-0.4, -0.2) is 25.4 Å². The minimum Gasteiger partial charge on any atom is -0.388 e. The van der Waals surface area contributed by atoms with Crippen LogP contribution < -0.4 is 16.8 Å². The van der Waals surface area contributed by atoms with Gasteiger partial charge in [0.05, 0.1) is 0 Å². The van der Waals surface area contributed by atoms with E-state index in [1.165, 1.54) is 0 Å². The molecule has 0 saturated heterocycles. The summed E-state index contributed by atoms with van der Waals surface area (Å²) in [6.07, 6.45) is 1.07. The minimum absolute atomic E-state index is 0.301. The summed E-state index contributed by atoms with van der Waals surface area (Å²) in [7, 11) is 0. The molecule has 1 aromatic carbocycles. The van der Waals surface area contributed by atoms with E-state index in [1.54, 1.807) is 0 Å². The highest BCUT2D eigenvalue weighted by Crippen LogP contribution is 2.04. The number of alkyl halides is 1. The van der Waals surface area contributed by atoms with E-state index in [9.17, 15) is 4.39 Å². The predicted molar refractivity (Wildman–Crippen MR) is 67.5 cm³/mol. The number of amidine groups is 1. The molecule has 6 heteroatoms. The fourth-order valence-electron chi connectivity index (χ4n) is 1.25. The summed E-state index contributed by atoms with van der Waals surface area (Å²) in [4.78, 5) is 0. The zero-order chi connectivity index (χ0) is 12.5. The van der Waals surface area contributed by atoms with E-state index in [0.29, 0.717) is 18.9 Å². The average molecular weight is 237 g/mol. The Kier molecular flexibility index (Phi) is 5.67. The fraction of sp³-hybridized carbons (Fsp3) is 0.273. The molecule has 5 nitrogen and oxygen atoms in total. The van der Waals surface area contributed by atoms with Crippen molar-refractivity contribution in [2.75, 3.05) is 13.2 Å². The lowest BCUT2D eigenvalue weighted by Gasteiger charge is -2.04. The lowest BCUT2D eigenvalue weighted by atomic mass is 10.1. The standard InChI is InChI=1S/C11H16FN5/c12-5-6-15-7-9-1-3-10(4-2-9)11(14)17-16-8-13/h1-4,8,15H,5-7H2,(H2,13,16)(H2,14,17). The Morgan fingerprint density at radius 1 is 1.35 bits per heavy atom. The summed E-state index contributed by atoms with van der Waals surface area (Å²) >= 11 is 0. The first kappa shape index (κ1) is 13.1. The van der Waals surface area contributed by atoms with E-state index < -0.39 is 0 Å². The van der Waals surface area contributed by atoms with Crippen LogP contribution in [0, 0.1) is 0 Å². The molecule has 17 heavy (non-hydrogen) atoms. The number of halogens is 1. The quantitative estimate of drug-likeness (QED) is 0.289. The molecule has 0 aliphatic rings. The number of benzene rings is 1. The molecule has 0 aliphatic carbocycles. The van der Waals surface area contributed by atoms with E-state index in [1.807, 2.05) is 24.3 Å². The first-order valence-corrected chi connectivity index (χ1v) is 5.20. The van der Waals surface area contributed by atoms with Gasteiger partial charge in [0, 0.05) is 18.7 Å². The van der Waals surface area contributed by atoms with E-state index in [2.05, 4.69) is 15.5 Å². The van der Waals surface area contributed by atoms with Gasteiger partial charge in [-0.25, -0.2) is 4.39 Å². The molecule has 1 aromatic rings. The van der Waals surface area contributed by atoms with Crippen molar-refractivity contribution in [1.82, 2.24) is 5.32 Å². The van der Waals surface area contributed by atoms with Crippen molar-refractivity contribution < 1.29 is 4.39 Å². The van der Waals surface area contributed by atoms with Gasteiger partial charge in [-0.15, -0.1) is 10.2 Å². The summed E-state index contributed by atoms with van der Waals surface area (Å²) in [5.41, 5.74) is 12.5. The van der Waals surface area contributed by atoms with Crippen LogP contribution in [-0.2, 0) is 6.54 Å². The molecule has 5 N–H and O–H groups in total. The van der Waals surface area contributed by atoms with Crippen molar-refractivity contribution >= 4 is 12.2 Å². The van der Waals surface area contributed by atoms with Gasteiger partial charge in [0.2, 0.25) is 0 Å². The molecule has 0 bridgehead atoms. The first-order chi connectivity index (χ1) is 8.27. The Bertz CT molecular complexity index is 385. The van der Waals surface area contributed by atoms with Crippen molar-refractivity contribution in [3.05, 3.63) is 35.4 Å². The second kappa shape index (κ2) is 7.34. The highest BCUT2D eigenvalue weighted by atomic mass is 19.1. The van der Waals surface area contributed by atoms with E-state index in [-0.39, 0.29) is 6.67 Å². The molecule has 1 rings (SSSR count). The van der Waals surface area contributed by atoms with Crippen LogP contribution in [0.25, 0.3) is 0 Å². The zero-order valence-electron chi connectivity index (χ0n) is 9.44. The maximum absolute atomic E-state index is 11.9. The number of nitrogens with two attached hydrogens (primary N) is 2. The summed E-state index contributed by atoms with van der Waals surface area (Å²) in [5.74, 6) is 0.301. The lowest BCUT2D eigenvalue weighted by Crippen LogP contribution is -2.16. The largest absolute Gasteiger partial charge is 0.388 e. The topological polar surface area (TPSA) is 88.8 Å². The number of nitrogens with zero attached hydrogens (tertiary/aromatic N) is 2. The number of hydrogen-bond acceptors (Lipinski definition) is 3. The maximum Gasteiger partial charge on any atom is 0.153 e. The van der Waals surface area contributed by atoms with Crippen LogP contribution in [0.2, 0.25) is 0 Å². The van der Waals surface area contributed by atoms with Crippen LogP contribution >= 0.6 is 0 Å². The van der Waals surface area contributed by atoms with Crippen molar-refractivity contribution in [2.24, 2.45) is 21.7 Å².